The number of aromatic nitrogens is 2. The first-order chi connectivity index (χ1) is 11.3. The van der Waals surface area contributed by atoms with Crippen LogP contribution in [0.15, 0.2) is 17.2 Å². The third-order valence-electron chi connectivity index (χ3n) is 3.54. The molecule has 0 bridgehead atoms. The number of amides is 1. The van der Waals surface area contributed by atoms with E-state index in [4.69, 9.17) is 0 Å². The van der Waals surface area contributed by atoms with Gasteiger partial charge in [0.25, 0.3) is 5.91 Å². The number of rotatable bonds is 4. The van der Waals surface area contributed by atoms with E-state index in [-0.39, 0.29) is 17.2 Å². The van der Waals surface area contributed by atoms with Gasteiger partial charge in [0.2, 0.25) is 0 Å². The summed E-state index contributed by atoms with van der Waals surface area (Å²) in [7, 11) is 0. The van der Waals surface area contributed by atoms with Gasteiger partial charge >= 0.3 is 6.18 Å². The largest absolute Gasteiger partial charge is 0.435 e. The molecule has 0 saturated heterocycles. The molecule has 0 radical (unpaired) electrons. The van der Waals surface area contributed by atoms with E-state index in [1.54, 1.807) is 0 Å². The van der Waals surface area contributed by atoms with Crippen molar-refractivity contribution in [3.8, 4) is 0 Å². The van der Waals surface area contributed by atoms with E-state index in [9.17, 15) is 22.4 Å². The van der Waals surface area contributed by atoms with Crippen LogP contribution in [0.4, 0.5) is 17.6 Å². The van der Waals surface area contributed by atoms with Gasteiger partial charge < -0.3 is 0 Å². The van der Waals surface area contributed by atoms with Gasteiger partial charge in [0, 0.05) is 11.3 Å². The Kier molecular flexibility index (Phi) is 4.39. The van der Waals surface area contributed by atoms with Crippen molar-refractivity contribution < 1.29 is 22.4 Å². The lowest BCUT2D eigenvalue weighted by Crippen LogP contribution is -2.25. The van der Waals surface area contributed by atoms with Crippen LogP contribution in [0.2, 0.25) is 0 Å². The molecule has 0 aromatic carbocycles. The molecule has 2 heterocycles. The van der Waals surface area contributed by atoms with E-state index in [1.807, 2.05) is 0 Å². The summed E-state index contributed by atoms with van der Waals surface area (Å²) < 4.78 is 52.7. The maximum atomic E-state index is 13.0. The molecule has 1 N–H and O–H groups in total. The lowest BCUT2D eigenvalue weighted by Gasteiger charge is -2.05. The number of nitrogens with zero attached hydrogens (tertiary/aromatic N) is 3. The second-order valence-corrected chi connectivity index (χ2v) is 6.28. The molecule has 1 aliphatic rings. The first-order valence-corrected chi connectivity index (χ1v) is 7.89. The van der Waals surface area contributed by atoms with Crippen molar-refractivity contribution in [2.24, 2.45) is 5.10 Å². The Morgan fingerprint density at radius 1 is 1.42 bits per heavy atom. The zero-order valence-electron chi connectivity index (χ0n) is 12.2. The van der Waals surface area contributed by atoms with Gasteiger partial charge in [-0.25, -0.2) is 5.43 Å². The van der Waals surface area contributed by atoms with Crippen molar-refractivity contribution in [3.63, 3.8) is 0 Å². The van der Waals surface area contributed by atoms with Crippen LogP contribution < -0.4 is 5.43 Å². The second-order valence-electron chi connectivity index (χ2n) is 5.22. The van der Waals surface area contributed by atoms with Gasteiger partial charge in [-0.1, -0.05) is 0 Å². The highest BCUT2D eigenvalue weighted by molar-refractivity contribution is 7.12. The number of halogens is 4. The van der Waals surface area contributed by atoms with E-state index in [0.717, 1.165) is 16.0 Å². The van der Waals surface area contributed by atoms with Gasteiger partial charge in [0.05, 0.1) is 11.1 Å². The number of hydrogen-bond acceptors (Lipinski definition) is 4. The molecule has 0 spiro atoms. The summed E-state index contributed by atoms with van der Waals surface area (Å²) in [5.41, 5.74) is 1.90. The van der Waals surface area contributed by atoms with Crippen molar-refractivity contribution >= 4 is 23.5 Å². The van der Waals surface area contributed by atoms with Crippen LogP contribution >= 0.6 is 11.3 Å². The Bertz CT molecular complexity index is 793. The summed E-state index contributed by atoms with van der Waals surface area (Å²) in [6.45, 7) is -0.353. The predicted octanol–water partition coefficient (Wildman–Crippen LogP) is 2.74. The molecule has 3 rings (SSSR count). The summed E-state index contributed by atoms with van der Waals surface area (Å²) in [5, 5.41) is 6.82. The van der Waals surface area contributed by atoms with Crippen molar-refractivity contribution in [2.45, 2.75) is 32.0 Å². The van der Waals surface area contributed by atoms with Gasteiger partial charge in [0.1, 0.15) is 6.54 Å². The maximum Gasteiger partial charge on any atom is 0.435 e. The highest BCUT2D eigenvalue weighted by atomic mass is 32.1. The minimum atomic E-state index is -4.53. The monoisotopic (exact) mass is 360 g/mol. The van der Waals surface area contributed by atoms with E-state index < -0.39 is 17.8 Å². The molecule has 128 valence electrons. The SMILES string of the molecule is O=C(Cn1nc(C(F)(F)F)c2c1CCC2)N/N=C/c1ccc(F)s1. The lowest BCUT2D eigenvalue weighted by atomic mass is 10.2. The fourth-order valence-corrected chi connectivity index (χ4v) is 3.21. The number of nitrogens with one attached hydrogen (secondary N) is 1. The van der Waals surface area contributed by atoms with Crippen LogP contribution in [0.5, 0.6) is 0 Å². The number of carbonyl (C=O) groups excluding carboxylic acids is 1. The molecule has 24 heavy (non-hydrogen) atoms. The summed E-state index contributed by atoms with van der Waals surface area (Å²) >= 11 is 0.856. The van der Waals surface area contributed by atoms with Crippen molar-refractivity contribution in [3.05, 3.63) is 39.1 Å². The van der Waals surface area contributed by atoms with Crippen LogP contribution in [-0.4, -0.2) is 21.9 Å². The Labute approximate surface area is 138 Å². The average molecular weight is 360 g/mol. The fraction of sp³-hybridized carbons (Fsp3) is 0.357. The molecule has 10 heteroatoms. The molecule has 0 aliphatic heterocycles. The molecular weight excluding hydrogens is 348 g/mol. The van der Waals surface area contributed by atoms with E-state index in [1.165, 1.54) is 18.3 Å². The lowest BCUT2D eigenvalue weighted by molar-refractivity contribution is -0.142. The topological polar surface area (TPSA) is 59.3 Å². The van der Waals surface area contributed by atoms with Gasteiger partial charge in [0.15, 0.2) is 10.8 Å². The van der Waals surface area contributed by atoms with Gasteiger partial charge in [-0.05, 0) is 31.4 Å². The van der Waals surface area contributed by atoms with Crippen LogP contribution in [0, 0.1) is 5.13 Å². The summed E-state index contributed by atoms with van der Waals surface area (Å²) in [6, 6.07) is 2.76. The zero-order valence-corrected chi connectivity index (χ0v) is 13.0. The quantitative estimate of drug-likeness (QED) is 0.518. The fourth-order valence-electron chi connectivity index (χ4n) is 2.60. The predicted molar refractivity (Wildman–Crippen MR) is 79.3 cm³/mol. The standard InChI is InChI=1S/C14H12F4N4OS/c15-11-5-4-8(24-11)6-19-20-12(23)7-22-10-3-1-2-9(10)13(21-22)14(16,17)18/h4-6H,1-3,7H2,(H,20,23)/b19-6+. The average Bonchev–Trinajstić information content (AvgIpc) is 3.16. The van der Waals surface area contributed by atoms with Crippen molar-refractivity contribution in [2.75, 3.05) is 0 Å². The minimum Gasteiger partial charge on any atom is -0.271 e. The smallest absolute Gasteiger partial charge is 0.271 e. The molecule has 0 saturated carbocycles. The van der Waals surface area contributed by atoms with Crippen LogP contribution in [0.25, 0.3) is 0 Å². The van der Waals surface area contributed by atoms with Gasteiger partial charge in [-0.3, -0.25) is 9.48 Å². The summed E-state index contributed by atoms with van der Waals surface area (Å²) in [6.07, 6.45) is -1.88. The number of carbonyl (C=O) groups is 1. The van der Waals surface area contributed by atoms with Gasteiger partial charge in [-0.15, -0.1) is 11.3 Å². The van der Waals surface area contributed by atoms with Crippen LogP contribution in [0.3, 0.4) is 0 Å². The Balaban J connectivity index is 1.68. The molecule has 2 aromatic heterocycles. The molecule has 0 unspecified atom stereocenters. The number of hydrogen-bond donors (Lipinski definition) is 1. The van der Waals surface area contributed by atoms with E-state index in [2.05, 4.69) is 15.6 Å². The van der Waals surface area contributed by atoms with Crippen molar-refractivity contribution in [1.82, 2.24) is 15.2 Å². The highest BCUT2D eigenvalue weighted by Crippen LogP contribution is 2.36. The Hall–Kier alpha value is -2.23. The van der Waals surface area contributed by atoms with E-state index >= 15 is 0 Å². The Morgan fingerprint density at radius 2 is 2.21 bits per heavy atom. The number of thiophene rings is 1. The summed E-state index contributed by atoms with van der Waals surface area (Å²) in [4.78, 5) is 12.3. The number of alkyl halides is 3. The minimum absolute atomic E-state index is 0.174. The number of hydrazone groups is 1. The first kappa shape index (κ1) is 16.6. The zero-order chi connectivity index (χ0) is 17.3. The first-order valence-electron chi connectivity index (χ1n) is 7.07. The number of fused-ring (bicyclic) bond motifs is 1. The summed E-state index contributed by atoms with van der Waals surface area (Å²) in [5.74, 6) is -0.603. The molecule has 5 nitrogen and oxygen atoms in total. The molecule has 2 aromatic rings. The second kappa shape index (κ2) is 6.34. The third-order valence-corrected chi connectivity index (χ3v) is 4.35. The van der Waals surface area contributed by atoms with Gasteiger partial charge in [-0.2, -0.15) is 27.8 Å². The molecule has 1 aliphatic carbocycles. The van der Waals surface area contributed by atoms with E-state index in [0.29, 0.717) is 29.8 Å². The van der Waals surface area contributed by atoms with Crippen LogP contribution in [0.1, 0.15) is 28.2 Å². The maximum absolute atomic E-state index is 13.0. The molecule has 1 amide bonds. The third kappa shape index (κ3) is 3.48. The highest BCUT2D eigenvalue weighted by Gasteiger charge is 2.40. The molecule has 0 fully saturated rings. The van der Waals surface area contributed by atoms with Crippen LogP contribution in [-0.2, 0) is 30.4 Å². The Morgan fingerprint density at radius 3 is 2.88 bits per heavy atom. The van der Waals surface area contributed by atoms with Crippen molar-refractivity contribution in [1.29, 1.82) is 0 Å². The normalized spacial score (nSPS) is 14.3. The molecular formula is C14H12F4N4OS. The molecule has 0 atom stereocenters.